The minimum absolute atomic E-state index is 0.180. The quantitative estimate of drug-likeness (QED) is 0.518. The molecule has 1 aliphatic heterocycles. The van der Waals surface area contributed by atoms with Gasteiger partial charge in [-0.2, -0.15) is 0 Å². The van der Waals surface area contributed by atoms with Crippen LogP contribution in [0.25, 0.3) is 0 Å². The molecule has 0 spiro atoms. The van der Waals surface area contributed by atoms with Gasteiger partial charge in [-0.25, -0.2) is 0 Å². The van der Waals surface area contributed by atoms with Crippen molar-refractivity contribution in [3.8, 4) is 0 Å². The first-order valence-corrected chi connectivity index (χ1v) is 7.92. The molecule has 1 fully saturated rings. The predicted molar refractivity (Wildman–Crippen MR) is 77.9 cm³/mol. The number of methoxy groups -OCH3 is 1. The van der Waals surface area contributed by atoms with Crippen LogP contribution in [0.3, 0.4) is 0 Å². The molecule has 0 aromatic heterocycles. The second kappa shape index (κ2) is 10.5. The largest absolute Gasteiger partial charge is 0.387 e. The smallest absolute Gasteiger partial charge is 0.186 e. The zero-order valence-corrected chi connectivity index (χ0v) is 13.1. The Morgan fingerprint density at radius 1 is 0.905 bits per heavy atom. The van der Waals surface area contributed by atoms with E-state index in [1.165, 1.54) is 32.8 Å². The van der Waals surface area contributed by atoms with Crippen LogP contribution in [0.1, 0.15) is 45.4 Å². The van der Waals surface area contributed by atoms with E-state index in [4.69, 9.17) is 14.2 Å². The van der Waals surface area contributed by atoms with E-state index in [0.717, 1.165) is 12.8 Å². The highest BCUT2D eigenvalue weighted by atomic mass is 16.7. The van der Waals surface area contributed by atoms with Crippen LogP contribution in [-0.4, -0.2) is 66.3 Å². The number of ether oxygens (including phenoxy) is 3. The fraction of sp³-hybridized carbons (Fsp3) is 1.00. The molecule has 0 aliphatic carbocycles. The summed E-state index contributed by atoms with van der Waals surface area (Å²) in [6, 6.07) is 0. The fourth-order valence-corrected chi connectivity index (χ4v) is 2.43. The van der Waals surface area contributed by atoms with E-state index in [-0.39, 0.29) is 6.61 Å². The van der Waals surface area contributed by atoms with Gasteiger partial charge in [0.2, 0.25) is 0 Å². The van der Waals surface area contributed by atoms with Crippen molar-refractivity contribution >= 4 is 0 Å². The summed E-state index contributed by atoms with van der Waals surface area (Å²) in [4.78, 5) is 0. The molecule has 21 heavy (non-hydrogen) atoms. The summed E-state index contributed by atoms with van der Waals surface area (Å²) in [7, 11) is 1.38. The summed E-state index contributed by atoms with van der Waals surface area (Å²) < 4.78 is 15.8. The number of aliphatic hydroxyl groups excluding tert-OH is 3. The van der Waals surface area contributed by atoms with Gasteiger partial charge in [0.05, 0.1) is 6.61 Å². The maximum absolute atomic E-state index is 9.85. The van der Waals surface area contributed by atoms with Crippen molar-refractivity contribution in [2.75, 3.05) is 20.3 Å². The van der Waals surface area contributed by atoms with Crippen molar-refractivity contribution in [3.63, 3.8) is 0 Å². The Labute approximate surface area is 127 Å². The molecule has 1 heterocycles. The van der Waals surface area contributed by atoms with Crippen LogP contribution in [0.4, 0.5) is 0 Å². The Kier molecular flexibility index (Phi) is 9.39. The maximum atomic E-state index is 9.85. The molecule has 126 valence electrons. The van der Waals surface area contributed by atoms with E-state index >= 15 is 0 Å². The highest BCUT2D eigenvalue weighted by Crippen LogP contribution is 2.22. The van der Waals surface area contributed by atoms with Crippen molar-refractivity contribution in [2.45, 2.75) is 76.2 Å². The average molecular weight is 306 g/mol. The van der Waals surface area contributed by atoms with E-state index in [1.54, 1.807) is 0 Å². The standard InChI is InChI=1S/C15H30O6/c1-3-4-5-6-7-8-9-20-10-11-12(16)13(17)14(18)15(19-2)21-11/h11-18H,3-10H2,1-2H3. The third-order valence-corrected chi connectivity index (χ3v) is 3.83. The number of aliphatic hydroxyl groups is 3. The van der Waals surface area contributed by atoms with Crippen molar-refractivity contribution < 1.29 is 29.5 Å². The van der Waals surface area contributed by atoms with Gasteiger partial charge in [-0.15, -0.1) is 0 Å². The third-order valence-electron chi connectivity index (χ3n) is 3.83. The Morgan fingerprint density at radius 2 is 1.57 bits per heavy atom. The molecule has 0 aromatic rings. The van der Waals surface area contributed by atoms with Crippen molar-refractivity contribution in [2.24, 2.45) is 0 Å². The van der Waals surface area contributed by atoms with Gasteiger partial charge >= 0.3 is 0 Å². The maximum Gasteiger partial charge on any atom is 0.186 e. The topological polar surface area (TPSA) is 88.4 Å². The van der Waals surface area contributed by atoms with Crippen LogP contribution in [0.2, 0.25) is 0 Å². The second-order valence-electron chi connectivity index (χ2n) is 5.59. The summed E-state index contributed by atoms with van der Waals surface area (Å²) in [5.74, 6) is 0. The zero-order valence-electron chi connectivity index (χ0n) is 13.1. The minimum atomic E-state index is -1.29. The monoisotopic (exact) mass is 306 g/mol. The zero-order chi connectivity index (χ0) is 15.7. The Morgan fingerprint density at radius 3 is 2.24 bits per heavy atom. The van der Waals surface area contributed by atoms with Crippen molar-refractivity contribution in [3.05, 3.63) is 0 Å². The van der Waals surface area contributed by atoms with Crippen LogP contribution < -0.4 is 0 Å². The molecule has 0 saturated carbocycles. The molecule has 1 saturated heterocycles. The van der Waals surface area contributed by atoms with E-state index < -0.39 is 30.7 Å². The third kappa shape index (κ3) is 6.18. The molecule has 0 radical (unpaired) electrons. The number of unbranched alkanes of at least 4 members (excludes halogenated alkanes) is 5. The summed E-state index contributed by atoms with van der Waals surface area (Å²) in [5.41, 5.74) is 0. The fourth-order valence-electron chi connectivity index (χ4n) is 2.43. The van der Waals surface area contributed by atoms with Crippen LogP contribution >= 0.6 is 0 Å². The first-order chi connectivity index (χ1) is 10.1. The first-order valence-electron chi connectivity index (χ1n) is 7.92. The lowest BCUT2D eigenvalue weighted by Crippen LogP contribution is -2.59. The van der Waals surface area contributed by atoms with Crippen molar-refractivity contribution in [1.82, 2.24) is 0 Å². The average Bonchev–Trinajstić information content (AvgIpc) is 2.49. The summed E-state index contributed by atoms with van der Waals surface area (Å²) in [6.07, 6.45) is 1.78. The molecule has 0 aromatic carbocycles. The molecule has 5 atom stereocenters. The lowest BCUT2D eigenvalue weighted by Gasteiger charge is -2.39. The molecule has 0 bridgehead atoms. The van der Waals surface area contributed by atoms with Gasteiger partial charge in [-0.1, -0.05) is 39.0 Å². The Hall–Kier alpha value is -0.240. The molecular weight excluding hydrogens is 276 g/mol. The summed E-state index contributed by atoms with van der Waals surface area (Å²) in [6.45, 7) is 2.98. The molecule has 6 heteroatoms. The predicted octanol–water partition coefficient (Wildman–Crippen LogP) is 0.817. The first kappa shape index (κ1) is 18.8. The van der Waals surface area contributed by atoms with E-state index in [9.17, 15) is 15.3 Å². The van der Waals surface area contributed by atoms with Crippen LogP contribution in [0.15, 0.2) is 0 Å². The SMILES string of the molecule is CCCCCCCCOCC1OC(OC)C(O)C(O)C1O. The molecule has 5 unspecified atom stereocenters. The Balaban J connectivity index is 2.16. The van der Waals surface area contributed by atoms with Gasteiger partial charge in [-0.3, -0.25) is 0 Å². The number of hydrogen-bond donors (Lipinski definition) is 3. The van der Waals surface area contributed by atoms with E-state index in [2.05, 4.69) is 6.92 Å². The van der Waals surface area contributed by atoms with Gasteiger partial charge in [-0.05, 0) is 6.42 Å². The van der Waals surface area contributed by atoms with Crippen LogP contribution in [0.5, 0.6) is 0 Å². The molecule has 6 nitrogen and oxygen atoms in total. The van der Waals surface area contributed by atoms with E-state index in [1.807, 2.05) is 0 Å². The van der Waals surface area contributed by atoms with E-state index in [0.29, 0.717) is 6.61 Å². The Bertz CT molecular complexity index is 261. The van der Waals surface area contributed by atoms with Gasteiger partial charge in [0, 0.05) is 13.7 Å². The van der Waals surface area contributed by atoms with Crippen LogP contribution in [0, 0.1) is 0 Å². The van der Waals surface area contributed by atoms with Gasteiger partial charge in [0.15, 0.2) is 6.29 Å². The molecular formula is C15H30O6. The second-order valence-corrected chi connectivity index (χ2v) is 5.59. The minimum Gasteiger partial charge on any atom is -0.387 e. The lowest BCUT2D eigenvalue weighted by molar-refractivity contribution is -0.296. The highest BCUT2D eigenvalue weighted by Gasteiger charge is 2.43. The number of hydrogen-bond acceptors (Lipinski definition) is 6. The summed E-state index contributed by atoms with van der Waals surface area (Å²) in [5, 5.41) is 29.2. The lowest BCUT2D eigenvalue weighted by atomic mass is 9.99. The summed E-state index contributed by atoms with van der Waals surface area (Å²) >= 11 is 0. The van der Waals surface area contributed by atoms with Crippen LogP contribution in [-0.2, 0) is 14.2 Å². The van der Waals surface area contributed by atoms with Crippen molar-refractivity contribution in [1.29, 1.82) is 0 Å². The van der Waals surface area contributed by atoms with Gasteiger partial charge < -0.3 is 29.5 Å². The van der Waals surface area contributed by atoms with Gasteiger partial charge in [0.25, 0.3) is 0 Å². The molecule has 0 amide bonds. The molecule has 3 N–H and O–H groups in total. The highest BCUT2D eigenvalue weighted by molar-refractivity contribution is 4.88. The normalized spacial score (nSPS) is 33.3. The van der Waals surface area contributed by atoms with Gasteiger partial charge in [0.1, 0.15) is 24.4 Å². The molecule has 1 rings (SSSR count). The molecule has 1 aliphatic rings. The number of rotatable bonds is 10.